The topological polar surface area (TPSA) is 55.8 Å². The Morgan fingerprint density at radius 2 is 1.62 bits per heavy atom. The maximum Gasteiger partial charge on any atom is 0.411 e. The van der Waals surface area contributed by atoms with Gasteiger partial charge in [-0.3, -0.25) is 4.90 Å². The summed E-state index contributed by atoms with van der Waals surface area (Å²) in [4.78, 5) is 26.7. The predicted octanol–water partition coefficient (Wildman–Crippen LogP) is 5.86. The second-order valence-electron chi connectivity index (χ2n) is 7.91. The van der Waals surface area contributed by atoms with Crippen molar-refractivity contribution in [1.29, 1.82) is 0 Å². The molecule has 1 aliphatic rings. The number of hydrogen-bond donors (Lipinski definition) is 0. The second-order valence-corrected chi connectivity index (χ2v) is 7.91. The Kier molecular flexibility index (Phi) is 10.6. The number of rotatable bonds is 14. The quantitative estimate of drug-likeness (QED) is 0.288. The second kappa shape index (κ2) is 13.2. The normalized spacial score (nSPS) is 18.7. The molecule has 1 aromatic carbocycles. The van der Waals surface area contributed by atoms with Crippen molar-refractivity contribution in [2.75, 3.05) is 6.61 Å². The van der Waals surface area contributed by atoms with E-state index < -0.39 is 18.2 Å². The van der Waals surface area contributed by atoms with Crippen molar-refractivity contribution in [2.24, 2.45) is 0 Å². The van der Waals surface area contributed by atoms with E-state index in [1.807, 2.05) is 37.3 Å². The molecule has 0 bridgehead atoms. The van der Waals surface area contributed by atoms with Gasteiger partial charge in [-0.05, 0) is 18.4 Å². The van der Waals surface area contributed by atoms with Gasteiger partial charge < -0.3 is 9.47 Å². The molecule has 0 N–H and O–H groups in total. The average Bonchev–Trinajstić information content (AvgIpc) is 3.02. The van der Waals surface area contributed by atoms with Gasteiger partial charge in [0.2, 0.25) is 0 Å². The van der Waals surface area contributed by atoms with Crippen LogP contribution in [0.1, 0.15) is 83.6 Å². The lowest BCUT2D eigenvalue weighted by atomic mass is 10.1. The monoisotopic (exact) mass is 403 g/mol. The van der Waals surface area contributed by atoms with Gasteiger partial charge in [0.15, 0.2) is 6.04 Å². The SMILES string of the molecule is CCCCCCCCCCOC(=O)[C@H]1[C@H](CCC)OC(=O)N1Cc1ccccc1. The first-order valence-corrected chi connectivity index (χ1v) is 11.3. The number of carbonyl (C=O) groups is 2. The molecule has 0 unspecified atom stereocenters. The first kappa shape index (κ1) is 23.2. The third-order valence-corrected chi connectivity index (χ3v) is 5.43. The van der Waals surface area contributed by atoms with Crippen molar-refractivity contribution >= 4 is 12.1 Å². The zero-order chi connectivity index (χ0) is 20.9. The van der Waals surface area contributed by atoms with Gasteiger partial charge in [-0.25, -0.2) is 9.59 Å². The van der Waals surface area contributed by atoms with Crippen LogP contribution in [0.25, 0.3) is 0 Å². The van der Waals surface area contributed by atoms with Crippen molar-refractivity contribution in [3.05, 3.63) is 35.9 Å². The summed E-state index contributed by atoms with van der Waals surface area (Å²) in [6.07, 6.45) is 10.2. The molecule has 5 heteroatoms. The van der Waals surface area contributed by atoms with Gasteiger partial charge in [0.25, 0.3) is 0 Å². The largest absolute Gasteiger partial charge is 0.464 e. The van der Waals surface area contributed by atoms with Crippen LogP contribution in [0.4, 0.5) is 4.79 Å². The number of ether oxygens (including phenoxy) is 2. The summed E-state index contributed by atoms with van der Waals surface area (Å²) in [6, 6.07) is 9.02. The molecule has 0 radical (unpaired) electrons. The summed E-state index contributed by atoms with van der Waals surface area (Å²) < 4.78 is 11.0. The van der Waals surface area contributed by atoms with E-state index in [-0.39, 0.29) is 5.97 Å². The Balaban J connectivity index is 1.81. The molecule has 2 rings (SSSR count). The van der Waals surface area contributed by atoms with Gasteiger partial charge in [-0.15, -0.1) is 0 Å². The molecule has 1 fully saturated rings. The minimum Gasteiger partial charge on any atom is -0.464 e. The molecular weight excluding hydrogens is 366 g/mol. The zero-order valence-electron chi connectivity index (χ0n) is 18.1. The molecule has 0 aliphatic carbocycles. The fourth-order valence-electron chi connectivity index (χ4n) is 3.79. The molecule has 5 nitrogen and oxygen atoms in total. The average molecular weight is 404 g/mol. The van der Waals surface area contributed by atoms with E-state index in [1.54, 1.807) is 0 Å². The molecule has 162 valence electrons. The Morgan fingerprint density at radius 3 is 2.28 bits per heavy atom. The minimum atomic E-state index is -0.656. The van der Waals surface area contributed by atoms with Crippen LogP contribution in [0, 0.1) is 0 Å². The minimum absolute atomic E-state index is 0.340. The standard InChI is InChI=1S/C24H37NO4/c1-3-5-6-7-8-9-10-14-18-28-23(26)22-21(15-4-2)29-24(27)25(22)19-20-16-12-11-13-17-20/h11-13,16-17,21-22H,3-10,14-15,18-19H2,1-2H3/t21-,22+/m0/s1. The molecule has 0 saturated carbocycles. The van der Waals surface area contributed by atoms with Crippen LogP contribution < -0.4 is 0 Å². The molecule has 1 heterocycles. The van der Waals surface area contributed by atoms with Gasteiger partial charge in [0.1, 0.15) is 6.10 Å². The molecule has 0 spiro atoms. The summed E-state index contributed by atoms with van der Waals surface area (Å²) in [5.41, 5.74) is 0.975. The number of unbranched alkanes of at least 4 members (excludes halogenated alkanes) is 7. The smallest absolute Gasteiger partial charge is 0.411 e. The first-order valence-electron chi connectivity index (χ1n) is 11.3. The molecule has 29 heavy (non-hydrogen) atoms. The fraction of sp³-hybridized carbons (Fsp3) is 0.667. The van der Waals surface area contributed by atoms with Crippen molar-refractivity contribution in [1.82, 2.24) is 4.90 Å². The highest BCUT2D eigenvalue weighted by Gasteiger charge is 2.46. The zero-order valence-corrected chi connectivity index (χ0v) is 18.1. The Bertz CT molecular complexity index is 604. The molecule has 1 aromatic rings. The number of carbonyl (C=O) groups excluding carboxylic acids is 2. The van der Waals surface area contributed by atoms with Crippen molar-refractivity contribution < 1.29 is 19.1 Å². The fourth-order valence-corrected chi connectivity index (χ4v) is 3.79. The van der Waals surface area contributed by atoms with Crippen molar-refractivity contribution in [3.63, 3.8) is 0 Å². The Morgan fingerprint density at radius 1 is 0.966 bits per heavy atom. The van der Waals surface area contributed by atoms with E-state index in [4.69, 9.17) is 9.47 Å². The van der Waals surface area contributed by atoms with Crippen molar-refractivity contribution in [2.45, 2.75) is 96.7 Å². The van der Waals surface area contributed by atoms with Crippen LogP contribution in [-0.2, 0) is 20.8 Å². The van der Waals surface area contributed by atoms with Crippen LogP contribution in [0.2, 0.25) is 0 Å². The Labute approximate surface area is 175 Å². The lowest BCUT2D eigenvalue weighted by Crippen LogP contribution is -2.43. The number of amides is 1. The molecule has 1 amide bonds. The van der Waals surface area contributed by atoms with E-state index in [9.17, 15) is 9.59 Å². The summed E-state index contributed by atoms with van der Waals surface area (Å²) in [7, 11) is 0. The lowest BCUT2D eigenvalue weighted by Gasteiger charge is -2.23. The van der Waals surface area contributed by atoms with Gasteiger partial charge in [-0.2, -0.15) is 0 Å². The molecule has 1 aliphatic heterocycles. The molecule has 1 saturated heterocycles. The highest BCUT2D eigenvalue weighted by molar-refractivity contribution is 5.85. The lowest BCUT2D eigenvalue weighted by molar-refractivity contribution is -0.150. The van der Waals surface area contributed by atoms with Crippen LogP contribution in [0.3, 0.4) is 0 Å². The number of esters is 1. The highest BCUT2D eigenvalue weighted by Crippen LogP contribution is 2.26. The molecule has 0 aromatic heterocycles. The number of hydrogen-bond acceptors (Lipinski definition) is 4. The number of cyclic esters (lactones) is 1. The van der Waals surface area contributed by atoms with E-state index in [0.717, 1.165) is 24.8 Å². The third-order valence-electron chi connectivity index (χ3n) is 5.43. The van der Waals surface area contributed by atoms with Gasteiger partial charge in [-0.1, -0.05) is 95.5 Å². The van der Waals surface area contributed by atoms with E-state index in [1.165, 1.54) is 43.4 Å². The van der Waals surface area contributed by atoms with Gasteiger partial charge in [0, 0.05) is 0 Å². The van der Waals surface area contributed by atoms with Crippen LogP contribution >= 0.6 is 0 Å². The van der Waals surface area contributed by atoms with Crippen LogP contribution in [0.5, 0.6) is 0 Å². The van der Waals surface area contributed by atoms with Gasteiger partial charge in [0.05, 0.1) is 13.2 Å². The van der Waals surface area contributed by atoms with Gasteiger partial charge >= 0.3 is 12.1 Å². The highest BCUT2D eigenvalue weighted by atomic mass is 16.6. The van der Waals surface area contributed by atoms with Crippen LogP contribution in [-0.4, -0.2) is 35.7 Å². The maximum atomic E-state index is 12.8. The molecule has 2 atom stereocenters. The number of benzene rings is 1. The first-order chi connectivity index (χ1) is 14.2. The van der Waals surface area contributed by atoms with Crippen LogP contribution in [0.15, 0.2) is 30.3 Å². The van der Waals surface area contributed by atoms with E-state index in [2.05, 4.69) is 6.92 Å². The summed E-state index contributed by atoms with van der Waals surface area (Å²) in [6.45, 7) is 5.02. The summed E-state index contributed by atoms with van der Waals surface area (Å²) in [5, 5.41) is 0. The summed E-state index contributed by atoms with van der Waals surface area (Å²) in [5.74, 6) is -0.340. The van der Waals surface area contributed by atoms with E-state index in [0.29, 0.717) is 19.6 Å². The Hall–Kier alpha value is -2.04. The maximum absolute atomic E-state index is 12.8. The summed E-state index contributed by atoms with van der Waals surface area (Å²) >= 11 is 0. The van der Waals surface area contributed by atoms with E-state index >= 15 is 0 Å². The number of nitrogens with zero attached hydrogens (tertiary/aromatic N) is 1. The molecular formula is C24H37NO4. The van der Waals surface area contributed by atoms with Crippen molar-refractivity contribution in [3.8, 4) is 0 Å². The predicted molar refractivity (Wildman–Crippen MR) is 115 cm³/mol. The third kappa shape index (κ3) is 7.71.